The van der Waals surface area contributed by atoms with Crippen molar-refractivity contribution in [2.24, 2.45) is 0 Å². The van der Waals surface area contributed by atoms with Gasteiger partial charge in [0.2, 0.25) is 6.41 Å². The van der Waals surface area contributed by atoms with Crippen LogP contribution >= 0.6 is 0 Å². The molecule has 0 aliphatic rings. The zero-order valence-corrected chi connectivity index (χ0v) is 13.7. The average molecular weight is 328 g/mol. The Hall–Kier alpha value is -2.86. The summed E-state index contributed by atoms with van der Waals surface area (Å²) in [6.07, 6.45) is 0.791. The smallest absolute Gasteiger partial charge is 0.274 e. The van der Waals surface area contributed by atoms with Crippen molar-refractivity contribution in [3.8, 4) is 5.75 Å². The molecule has 0 spiro atoms. The molecule has 2 amide bonds. The number of ether oxygens (including phenoxy) is 1. The second-order valence-electron chi connectivity index (χ2n) is 5.40. The lowest BCUT2D eigenvalue weighted by Gasteiger charge is -2.20. The van der Waals surface area contributed by atoms with E-state index in [9.17, 15) is 9.59 Å². The van der Waals surface area contributed by atoms with Gasteiger partial charge in [-0.05, 0) is 55.3 Å². The summed E-state index contributed by atoms with van der Waals surface area (Å²) in [5.74, 6) is -0.0000874. The summed E-state index contributed by atoms with van der Waals surface area (Å²) in [5, 5.41) is 8.57. The minimum absolute atomic E-state index is 0.317. The number of amides is 2. The van der Waals surface area contributed by atoms with Gasteiger partial charge < -0.3 is 9.64 Å². The Morgan fingerprint density at radius 2 is 1.92 bits per heavy atom. The number of rotatable bonds is 7. The number of hydrogen-bond acceptors (Lipinski definition) is 4. The number of carbonyl (C=O) groups excluding carboxylic acids is 2. The maximum Gasteiger partial charge on any atom is 0.274 e. The molecule has 0 radical (unpaired) electrons. The lowest BCUT2D eigenvalue weighted by atomic mass is 10.1. The van der Waals surface area contributed by atoms with Crippen LogP contribution in [0.25, 0.3) is 0 Å². The van der Waals surface area contributed by atoms with Crippen molar-refractivity contribution in [1.82, 2.24) is 5.48 Å². The first-order valence-electron chi connectivity index (χ1n) is 7.51. The summed E-state index contributed by atoms with van der Waals surface area (Å²) in [7, 11) is 0. The highest BCUT2D eigenvalue weighted by atomic mass is 16.5. The summed E-state index contributed by atoms with van der Waals surface area (Å²) >= 11 is 0. The van der Waals surface area contributed by atoms with Gasteiger partial charge >= 0.3 is 0 Å². The zero-order valence-electron chi connectivity index (χ0n) is 13.7. The maximum atomic E-state index is 11.4. The van der Waals surface area contributed by atoms with Crippen molar-refractivity contribution in [2.75, 3.05) is 18.1 Å². The predicted octanol–water partition coefficient (Wildman–Crippen LogP) is 2.46. The Bertz CT molecular complexity index is 713. The largest absolute Gasteiger partial charge is 0.492 e. The number of nitrogens with one attached hydrogen (secondary N) is 1. The molecule has 0 atom stereocenters. The van der Waals surface area contributed by atoms with E-state index in [0.29, 0.717) is 24.5 Å². The third-order valence-corrected chi connectivity index (χ3v) is 3.62. The molecule has 0 bridgehead atoms. The normalized spacial score (nSPS) is 10.1. The molecule has 2 aromatic rings. The van der Waals surface area contributed by atoms with Crippen molar-refractivity contribution < 1.29 is 19.5 Å². The van der Waals surface area contributed by atoms with Crippen molar-refractivity contribution in [1.29, 1.82) is 0 Å². The summed E-state index contributed by atoms with van der Waals surface area (Å²) in [4.78, 5) is 24.2. The van der Waals surface area contributed by atoms with Crippen molar-refractivity contribution >= 4 is 18.0 Å². The molecule has 0 fully saturated rings. The summed E-state index contributed by atoms with van der Waals surface area (Å²) in [6.45, 7) is 4.66. The van der Waals surface area contributed by atoms with Crippen LogP contribution in [0.3, 0.4) is 0 Å². The van der Waals surface area contributed by atoms with Gasteiger partial charge in [0, 0.05) is 11.3 Å². The van der Waals surface area contributed by atoms with Crippen molar-refractivity contribution in [3.05, 3.63) is 59.2 Å². The van der Waals surface area contributed by atoms with E-state index in [1.54, 1.807) is 34.6 Å². The van der Waals surface area contributed by atoms with Crippen LogP contribution in [0.2, 0.25) is 0 Å². The fourth-order valence-electron chi connectivity index (χ4n) is 2.29. The Balaban J connectivity index is 1.95. The summed E-state index contributed by atoms with van der Waals surface area (Å²) < 4.78 is 5.60. The molecule has 0 aromatic heterocycles. The Labute approximate surface area is 140 Å². The number of nitrogens with zero attached hydrogens (tertiary/aromatic N) is 1. The van der Waals surface area contributed by atoms with E-state index < -0.39 is 5.91 Å². The van der Waals surface area contributed by atoms with Crippen LogP contribution < -0.4 is 15.1 Å². The Kier molecular flexibility index (Phi) is 5.92. The predicted molar refractivity (Wildman–Crippen MR) is 90.5 cm³/mol. The average Bonchev–Trinajstić information content (AvgIpc) is 2.61. The third-order valence-electron chi connectivity index (χ3n) is 3.62. The fraction of sp³-hybridized carbons (Fsp3) is 0.222. The van der Waals surface area contributed by atoms with Gasteiger partial charge in [-0.3, -0.25) is 14.8 Å². The fourth-order valence-corrected chi connectivity index (χ4v) is 2.29. The number of carbonyl (C=O) groups is 2. The molecule has 0 heterocycles. The second kappa shape index (κ2) is 8.12. The SMILES string of the molecule is Cc1ccc(C)c(N(C=O)CCOc2ccc(C(=O)NO)cc2)c1. The highest BCUT2D eigenvalue weighted by Gasteiger charge is 2.09. The molecule has 2 aromatic carbocycles. The molecule has 6 nitrogen and oxygen atoms in total. The quantitative estimate of drug-likeness (QED) is 0.465. The number of anilines is 1. The van der Waals surface area contributed by atoms with Gasteiger partial charge in [0.05, 0.1) is 6.54 Å². The van der Waals surface area contributed by atoms with Gasteiger partial charge in [-0.1, -0.05) is 12.1 Å². The molecule has 6 heteroatoms. The van der Waals surface area contributed by atoms with E-state index >= 15 is 0 Å². The minimum atomic E-state index is -0.580. The monoisotopic (exact) mass is 328 g/mol. The standard InChI is InChI=1S/C18H20N2O4/c1-13-3-4-14(2)17(11-13)20(12-21)9-10-24-16-7-5-15(6-8-16)18(22)19-23/h3-8,11-12,23H,9-10H2,1-2H3,(H,19,22). The van der Waals surface area contributed by atoms with Gasteiger partial charge in [0.1, 0.15) is 12.4 Å². The van der Waals surface area contributed by atoms with Crippen LogP contribution in [0.5, 0.6) is 5.75 Å². The van der Waals surface area contributed by atoms with Gasteiger partial charge in [0.25, 0.3) is 5.91 Å². The van der Waals surface area contributed by atoms with Gasteiger partial charge in [-0.25, -0.2) is 5.48 Å². The van der Waals surface area contributed by atoms with Crippen LogP contribution in [0.15, 0.2) is 42.5 Å². The van der Waals surface area contributed by atoms with Crippen LogP contribution in [0, 0.1) is 13.8 Å². The first kappa shape index (κ1) is 17.5. The molecule has 2 N–H and O–H groups in total. The number of hydrogen-bond donors (Lipinski definition) is 2. The minimum Gasteiger partial charge on any atom is -0.492 e. The molecule has 0 saturated carbocycles. The van der Waals surface area contributed by atoms with E-state index in [4.69, 9.17) is 9.94 Å². The lowest BCUT2D eigenvalue weighted by Crippen LogP contribution is -2.27. The second-order valence-corrected chi connectivity index (χ2v) is 5.40. The van der Waals surface area contributed by atoms with Crippen molar-refractivity contribution in [3.63, 3.8) is 0 Å². The molecule has 2 rings (SSSR count). The first-order chi connectivity index (χ1) is 11.5. The van der Waals surface area contributed by atoms with E-state index in [1.165, 1.54) is 0 Å². The molecule has 0 unspecified atom stereocenters. The van der Waals surface area contributed by atoms with E-state index in [2.05, 4.69) is 0 Å². The number of aryl methyl sites for hydroxylation is 2. The summed E-state index contributed by atoms with van der Waals surface area (Å²) in [6, 6.07) is 12.3. The van der Waals surface area contributed by atoms with Gasteiger partial charge in [0.15, 0.2) is 0 Å². The lowest BCUT2D eigenvalue weighted by molar-refractivity contribution is -0.107. The van der Waals surface area contributed by atoms with Crippen LogP contribution in [0.4, 0.5) is 5.69 Å². The Morgan fingerprint density at radius 3 is 2.54 bits per heavy atom. The van der Waals surface area contributed by atoms with E-state index in [0.717, 1.165) is 23.2 Å². The summed E-state index contributed by atoms with van der Waals surface area (Å²) in [5.41, 5.74) is 4.87. The van der Waals surface area contributed by atoms with Gasteiger partial charge in [-0.15, -0.1) is 0 Å². The topological polar surface area (TPSA) is 78.9 Å². The molecule has 24 heavy (non-hydrogen) atoms. The molecular formula is C18H20N2O4. The van der Waals surface area contributed by atoms with E-state index in [-0.39, 0.29) is 0 Å². The van der Waals surface area contributed by atoms with Crippen LogP contribution in [-0.2, 0) is 4.79 Å². The maximum absolute atomic E-state index is 11.4. The molecule has 126 valence electrons. The molecule has 0 aliphatic heterocycles. The van der Waals surface area contributed by atoms with Crippen molar-refractivity contribution in [2.45, 2.75) is 13.8 Å². The molecule has 0 saturated heterocycles. The molecular weight excluding hydrogens is 308 g/mol. The first-order valence-corrected chi connectivity index (χ1v) is 7.51. The third kappa shape index (κ3) is 4.33. The van der Waals surface area contributed by atoms with Gasteiger partial charge in [-0.2, -0.15) is 0 Å². The number of hydroxylamine groups is 1. The Morgan fingerprint density at radius 1 is 1.21 bits per heavy atom. The van der Waals surface area contributed by atoms with Crippen LogP contribution in [0.1, 0.15) is 21.5 Å². The highest BCUT2D eigenvalue weighted by molar-refractivity contribution is 5.93. The zero-order chi connectivity index (χ0) is 17.5. The number of benzene rings is 2. The molecule has 0 aliphatic carbocycles. The van der Waals surface area contributed by atoms with E-state index in [1.807, 2.05) is 32.0 Å². The van der Waals surface area contributed by atoms with Crippen LogP contribution in [-0.4, -0.2) is 30.7 Å². The highest BCUT2D eigenvalue weighted by Crippen LogP contribution is 2.20.